The van der Waals surface area contributed by atoms with E-state index in [1.165, 1.54) is 0 Å². The maximum atomic E-state index is 12.3. The summed E-state index contributed by atoms with van der Waals surface area (Å²) in [6.45, 7) is 4.22. The van der Waals surface area contributed by atoms with Crippen LogP contribution in [0.2, 0.25) is 0 Å². The summed E-state index contributed by atoms with van der Waals surface area (Å²) >= 11 is 0. The van der Waals surface area contributed by atoms with Crippen molar-refractivity contribution in [1.29, 1.82) is 0 Å². The minimum absolute atomic E-state index is 0.217. The van der Waals surface area contributed by atoms with Gasteiger partial charge in [-0.2, -0.15) is 0 Å². The molecule has 0 aromatic rings. The van der Waals surface area contributed by atoms with Crippen LogP contribution in [0.4, 0.5) is 4.39 Å². The van der Waals surface area contributed by atoms with Crippen molar-refractivity contribution in [3.63, 3.8) is 0 Å². The summed E-state index contributed by atoms with van der Waals surface area (Å²) in [6.07, 6.45) is 3.32. The Labute approximate surface area is 67.9 Å². The fourth-order valence-corrected chi connectivity index (χ4v) is 1.37. The Hall–Kier alpha value is -0.110. The Morgan fingerprint density at radius 1 is 1.36 bits per heavy atom. The molecule has 0 N–H and O–H groups in total. The van der Waals surface area contributed by atoms with Gasteiger partial charge >= 0.3 is 0 Å². The van der Waals surface area contributed by atoms with Crippen LogP contribution in [0.3, 0.4) is 0 Å². The van der Waals surface area contributed by atoms with E-state index in [0.717, 1.165) is 12.8 Å². The van der Waals surface area contributed by atoms with E-state index in [-0.39, 0.29) is 6.10 Å². The SMILES string of the molecule is CCC(CC)OC1CC(F)C1. The van der Waals surface area contributed by atoms with Crippen LogP contribution in [0, 0.1) is 0 Å². The largest absolute Gasteiger partial charge is 0.375 e. The molecule has 0 aliphatic heterocycles. The van der Waals surface area contributed by atoms with Gasteiger partial charge in [0.2, 0.25) is 0 Å². The third kappa shape index (κ3) is 2.44. The zero-order chi connectivity index (χ0) is 8.27. The van der Waals surface area contributed by atoms with E-state index in [1.807, 2.05) is 0 Å². The number of ether oxygens (including phenoxy) is 1. The Kier molecular flexibility index (Phi) is 3.31. The highest BCUT2D eigenvalue weighted by Gasteiger charge is 2.30. The molecule has 1 fully saturated rings. The molecule has 1 saturated carbocycles. The molecule has 2 heteroatoms. The van der Waals surface area contributed by atoms with Gasteiger partial charge in [-0.05, 0) is 12.8 Å². The summed E-state index contributed by atoms with van der Waals surface area (Å²) < 4.78 is 18.0. The van der Waals surface area contributed by atoms with Gasteiger partial charge in [0.15, 0.2) is 0 Å². The average molecular weight is 160 g/mol. The summed E-state index contributed by atoms with van der Waals surface area (Å²) in [5.74, 6) is 0. The van der Waals surface area contributed by atoms with E-state index in [0.29, 0.717) is 18.9 Å². The first-order valence-electron chi connectivity index (χ1n) is 4.55. The topological polar surface area (TPSA) is 9.23 Å². The van der Waals surface area contributed by atoms with Gasteiger partial charge in [-0.3, -0.25) is 0 Å². The molecule has 1 aliphatic carbocycles. The third-order valence-corrected chi connectivity index (χ3v) is 2.33. The van der Waals surface area contributed by atoms with Crippen LogP contribution >= 0.6 is 0 Å². The molecule has 0 saturated heterocycles. The Balaban J connectivity index is 2.09. The molecule has 0 amide bonds. The zero-order valence-electron chi connectivity index (χ0n) is 7.35. The first kappa shape index (κ1) is 8.98. The van der Waals surface area contributed by atoms with Gasteiger partial charge in [0.1, 0.15) is 6.17 Å². The van der Waals surface area contributed by atoms with E-state index in [2.05, 4.69) is 13.8 Å². The summed E-state index contributed by atoms with van der Waals surface area (Å²) in [6, 6.07) is 0. The molecule has 1 aliphatic rings. The molecular formula is C9H17FO. The highest BCUT2D eigenvalue weighted by Crippen LogP contribution is 2.28. The fourth-order valence-electron chi connectivity index (χ4n) is 1.37. The molecule has 0 spiro atoms. The lowest BCUT2D eigenvalue weighted by atomic mass is 9.93. The number of hydrogen-bond acceptors (Lipinski definition) is 1. The van der Waals surface area contributed by atoms with E-state index in [1.54, 1.807) is 0 Å². The molecule has 0 heterocycles. The monoisotopic (exact) mass is 160 g/mol. The molecule has 1 rings (SSSR count). The Morgan fingerprint density at radius 3 is 2.27 bits per heavy atom. The lowest BCUT2D eigenvalue weighted by Crippen LogP contribution is -2.35. The quantitative estimate of drug-likeness (QED) is 0.614. The van der Waals surface area contributed by atoms with Crippen molar-refractivity contribution >= 4 is 0 Å². The average Bonchev–Trinajstić information content (AvgIpc) is 1.96. The predicted molar refractivity (Wildman–Crippen MR) is 43.4 cm³/mol. The van der Waals surface area contributed by atoms with Crippen LogP contribution < -0.4 is 0 Å². The predicted octanol–water partition coefficient (Wildman–Crippen LogP) is 2.69. The first-order valence-corrected chi connectivity index (χ1v) is 4.55. The second-order valence-corrected chi connectivity index (χ2v) is 3.27. The van der Waals surface area contributed by atoms with Crippen LogP contribution in [0.1, 0.15) is 39.5 Å². The first-order chi connectivity index (χ1) is 5.26. The van der Waals surface area contributed by atoms with Crippen molar-refractivity contribution in [2.75, 3.05) is 0 Å². The van der Waals surface area contributed by atoms with E-state index < -0.39 is 6.17 Å². The smallest absolute Gasteiger partial charge is 0.105 e. The maximum absolute atomic E-state index is 12.3. The molecule has 0 aromatic heterocycles. The summed E-state index contributed by atoms with van der Waals surface area (Å²) in [5, 5.41) is 0. The number of alkyl halides is 1. The highest BCUT2D eigenvalue weighted by molar-refractivity contribution is 4.80. The molecule has 66 valence electrons. The second-order valence-electron chi connectivity index (χ2n) is 3.27. The Bertz CT molecular complexity index is 106. The van der Waals surface area contributed by atoms with Crippen LogP contribution in [0.25, 0.3) is 0 Å². The van der Waals surface area contributed by atoms with Gasteiger partial charge in [-0.25, -0.2) is 4.39 Å². The number of rotatable bonds is 4. The zero-order valence-corrected chi connectivity index (χ0v) is 7.35. The van der Waals surface area contributed by atoms with Crippen molar-refractivity contribution < 1.29 is 9.13 Å². The minimum atomic E-state index is -0.589. The van der Waals surface area contributed by atoms with Crippen molar-refractivity contribution in [3.8, 4) is 0 Å². The molecule has 0 bridgehead atoms. The molecular weight excluding hydrogens is 143 g/mol. The molecule has 1 nitrogen and oxygen atoms in total. The van der Waals surface area contributed by atoms with Crippen LogP contribution in [-0.4, -0.2) is 18.4 Å². The van der Waals surface area contributed by atoms with E-state index >= 15 is 0 Å². The standard InChI is InChI=1S/C9H17FO/c1-3-8(4-2)11-9-5-7(10)6-9/h7-9H,3-6H2,1-2H3. The van der Waals surface area contributed by atoms with Gasteiger partial charge < -0.3 is 4.74 Å². The van der Waals surface area contributed by atoms with Crippen molar-refractivity contribution in [3.05, 3.63) is 0 Å². The summed E-state index contributed by atoms with van der Waals surface area (Å²) in [5.41, 5.74) is 0. The van der Waals surface area contributed by atoms with Crippen molar-refractivity contribution in [1.82, 2.24) is 0 Å². The van der Waals surface area contributed by atoms with E-state index in [9.17, 15) is 4.39 Å². The normalized spacial score (nSPS) is 30.5. The minimum Gasteiger partial charge on any atom is -0.375 e. The van der Waals surface area contributed by atoms with Crippen LogP contribution in [0.5, 0.6) is 0 Å². The van der Waals surface area contributed by atoms with Gasteiger partial charge in [0.05, 0.1) is 12.2 Å². The van der Waals surface area contributed by atoms with Crippen LogP contribution in [0.15, 0.2) is 0 Å². The Morgan fingerprint density at radius 2 is 1.91 bits per heavy atom. The third-order valence-electron chi connectivity index (χ3n) is 2.33. The van der Waals surface area contributed by atoms with Crippen LogP contribution in [-0.2, 0) is 4.74 Å². The van der Waals surface area contributed by atoms with Gasteiger partial charge in [-0.1, -0.05) is 13.8 Å². The summed E-state index contributed by atoms with van der Waals surface area (Å²) in [4.78, 5) is 0. The fraction of sp³-hybridized carbons (Fsp3) is 1.00. The lowest BCUT2D eigenvalue weighted by molar-refractivity contribution is -0.0838. The number of hydrogen-bond donors (Lipinski definition) is 0. The van der Waals surface area contributed by atoms with Crippen molar-refractivity contribution in [2.24, 2.45) is 0 Å². The second kappa shape index (κ2) is 4.05. The molecule has 0 unspecified atom stereocenters. The molecule has 0 atom stereocenters. The van der Waals surface area contributed by atoms with E-state index in [4.69, 9.17) is 4.74 Å². The van der Waals surface area contributed by atoms with Gasteiger partial charge in [0, 0.05) is 12.8 Å². The molecule has 0 radical (unpaired) electrons. The highest BCUT2D eigenvalue weighted by atomic mass is 19.1. The van der Waals surface area contributed by atoms with Gasteiger partial charge in [0.25, 0.3) is 0 Å². The summed E-state index contributed by atoms with van der Waals surface area (Å²) in [7, 11) is 0. The molecule has 0 aromatic carbocycles. The van der Waals surface area contributed by atoms with Crippen molar-refractivity contribution in [2.45, 2.75) is 57.9 Å². The maximum Gasteiger partial charge on any atom is 0.105 e. The van der Waals surface area contributed by atoms with Gasteiger partial charge in [-0.15, -0.1) is 0 Å². The number of halogens is 1. The lowest BCUT2D eigenvalue weighted by Gasteiger charge is -2.32. The molecule has 11 heavy (non-hydrogen) atoms.